The van der Waals surface area contributed by atoms with E-state index in [1.165, 1.54) is 4.31 Å². The molecule has 2 fully saturated rings. The smallest absolute Gasteiger partial charge is 0.243 e. The Bertz CT molecular complexity index is 968. The first kappa shape index (κ1) is 20.9. The van der Waals surface area contributed by atoms with E-state index in [0.29, 0.717) is 30.8 Å². The van der Waals surface area contributed by atoms with Crippen molar-refractivity contribution < 1.29 is 17.9 Å². The number of sulfonamides is 1. The number of piperidine rings is 1. The van der Waals surface area contributed by atoms with Crippen molar-refractivity contribution in [3.63, 3.8) is 0 Å². The molecule has 2 aromatic rings. The topological polar surface area (TPSA) is 66.9 Å². The van der Waals surface area contributed by atoms with E-state index in [1.54, 1.807) is 37.4 Å². The van der Waals surface area contributed by atoms with Crippen LogP contribution < -0.4 is 4.74 Å². The third-order valence-electron chi connectivity index (χ3n) is 6.22. The summed E-state index contributed by atoms with van der Waals surface area (Å²) in [5, 5.41) is 0. The van der Waals surface area contributed by atoms with Gasteiger partial charge in [0.15, 0.2) is 0 Å². The van der Waals surface area contributed by atoms with Crippen LogP contribution in [0.15, 0.2) is 59.5 Å². The molecular weight excluding hydrogens is 400 g/mol. The van der Waals surface area contributed by atoms with E-state index in [2.05, 4.69) is 0 Å². The van der Waals surface area contributed by atoms with Gasteiger partial charge in [-0.05, 0) is 55.5 Å². The van der Waals surface area contributed by atoms with Crippen LogP contribution in [-0.4, -0.2) is 50.3 Å². The third kappa shape index (κ3) is 4.09. The zero-order chi connectivity index (χ0) is 21.1. The second kappa shape index (κ2) is 8.78. The Labute approximate surface area is 178 Å². The van der Waals surface area contributed by atoms with Gasteiger partial charge in [0.05, 0.1) is 18.0 Å². The van der Waals surface area contributed by atoms with Crippen molar-refractivity contribution in [1.29, 1.82) is 0 Å². The Hall–Kier alpha value is -2.38. The maximum absolute atomic E-state index is 13.3. The van der Waals surface area contributed by atoms with E-state index >= 15 is 0 Å². The van der Waals surface area contributed by atoms with Gasteiger partial charge in [0.25, 0.3) is 0 Å². The number of nitrogens with zero attached hydrogens (tertiary/aromatic N) is 2. The van der Waals surface area contributed by atoms with Crippen molar-refractivity contribution in [3.8, 4) is 5.75 Å². The van der Waals surface area contributed by atoms with Crippen LogP contribution in [0.5, 0.6) is 5.75 Å². The van der Waals surface area contributed by atoms with Gasteiger partial charge in [-0.25, -0.2) is 8.42 Å². The van der Waals surface area contributed by atoms with Crippen LogP contribution >= 0.6 is 0 Å². The van der Waals surface area contributed by atoms with Crippen LogP contribution in [0.3, 0.4) is 0 Å². The fraction of sp³-hybridized carbons (Fsp3) is 0.435. The molecule has 6 nitrogen and oxygen atoms in total. The quantitative estimate of drug-likeness (QED) is 0.732. The van der Waals surface area contributed by atoms with Crippen LogP contribution in [0, 0.1) is 5.92 Å². The summed E-state index contributed by atoms with van der Waals surface area (Å²) >= 11 is 0. The Kier molecular flexibility index (Phi) is 6.11. The molecule has 7 heteroatoms. The number of methoxy groups -OCH3 is 1. The predicted molar refractivity (Wildman–Crippen MR) is 115 cm³/mol. The zero-order valence-corrected chi connectivity index (χ0v) is 18.1. The Morgan fingerprint density at radius 2 is 1.60 bits per heavy atom. The number of benzene rings is 2. The Morgan fingerprint density at radius 3 is 2.23 bits per heavy atom. The minimum atomic E-state index is -3.49. The lowest BCUT2D eigenvalue weighted by molar-refractivity contribution is -0.137. The highest BCUT2D eigenvalue weighted by Crippen LogP contribution is 2.35. The number of amides is 1. The molecule has 0 saturated carbocycles. The molecule has 0 spiro atoms. The first-order valence-electron chi connectivity index (χ1n) is 10.5. The van der Waals surface area contributed by atoms with Gasteiger partial charge in [-0.15, -0.1) is 0 Å². The fourth-order valence-electron chi connectivity index (χ4n) is 4.52. The van der Waals surface area contributed by atoms with Gasteiger partial charge in [-0.2, -0.15) is 4.31 Å². The lowest BCUT2D eigenvalue weighted by Crippen LogP contribution is -2.44. The van der Waals surface area contributed by atoms with E-state index in [1.807, 2.05) is 29.2 Å². The summed E-state index contributed by atoms with van der Waals surface area (Å²) in [4.78, 5) is 15.6. The van der Waals surface area contributed by atoms with E-state index < -0.39 is 10.0 Å². The number of hydrogen-bond donors (Lipinski definition) is 0. The molecule has 30 heavy (non-hydrogen) atoms. The maximum atomic E-state index is 13.3. The molecule has 2 heterocycles. The van der Waals surface area contributed by atoms with Crippen LogP contribution in [-0.2, 0) is 14.8 Å². The summed E-state index contributed by atoms with van der Waals surface area (Å²) in [5.74, 6) is 0.845. The molecule has 0 N–H and O–H groups in total. The van der Waals surface area contributed by atoms with Gasteiger partial charge in [0.2, 0.25) is 15.9 Å². The molecule has 1 unspecified atom stereocenters. The lowest BCUT2D eigenvalue weighted by atomic mass is 9.95. The van der Waals surface area contributed by atoms with Gasteiger partial charge in [-0.3, -0.25) is 4.79 Å². The van der Waals surface area contributed by atoms with E-state index in [-0.39, 0.29) is 17.9 Å². The van der Waals surface area contributed by atoms with Crippen LogP contribution in [0.1, 0.15) is 37.3 Å². The molecular formula is C23H28N2O4S. The highest BCUT2D eigenvalue weighted by Gasteiger charge is 2.37. The van der Waals surface area contributed by atoms with E-state index in [9.17, 15) is 13.2 Å². The monoisotopic (exact) mass is 428 g/mol. The van der Waals surface area contributed by atoms with Crippen molar-refractivity contribution in [2.75, 3.05) is 26.7 Å². The van der Waals surface area contributed by atoms with Crippen molar-refractivity contribution in [1.82, 2.24) is 9.21 Å². The van der Waals surface area contributed by atoms with Crippen molar-refractivity contribution >= 4 is 15.9 Å². The minimum Gasteiger partial charge on any atom is -0.497 e. The minimum absolute atomic E-state index is 0.0921. The summed E-state index contributed by atoms with van der Waals surface area (Å²) < 4.78 is 32.4. The highest BCUT2D eigenvalue weighted by molar-refractivity contribution is 7.89. The Balaban J connectivity index is 1.41. The van der Waals surface area contributed by atoms with Gasteiger partial charge < -0.3 is 9.64 Å². The number of carbonyl (C=O) groups is 1. The summed E-state index contributed by atoms with van der Waals surface area (Å²) in [6, 6.07) is 16.5. The largest absolute Gasteiger partial charge is 0.497 e. The Morgan fingerprint density at radius 1 is 0.933 bits per heavy atom. The maximum Gasteiger partial charge on any atom is 0.243 e. The molecule has 0 radical (unpaired) electrons. The van der Waals surface area contributed by atoms with Gasteiger partial charge >= 0.3 is 0 Å². The molecule has 1 amide bonds. The van der Waals surface area contributed by atoms with Crippen LogP contribution in [0.25, 0.3) is 0 Å². The average Bonchev–Trinajstić information content (AvgIpc) is 3.29. The van der Waals surface area contributed by atoms with Gasteiger partial charge in [0.1, 0.15) is 5.75 Å². The number of hydrogen-bond acceptors (Lipinski definition) is 4. The normalized spacial score (nSPS) is 21.0. The SMILES string of the molecule is COc1ccc(C2CCCN2C(=O)C2CCN(S(=O)(=O)c3ccccc3)CC2)cc1. The van der Waals surface area contributed by atoms with E-state index in [4.69, 9.17) is 4.74 Å². The van der Waals surface area contributed by atoms with Crippen molar-refractivity contribution in [2.24, 2.45) is 5.92 Å². The summed E-state index contributed by atoms with van der Waals surface area (Å²) in [7, 11) is -1.85. The number of likely N-dealkylation sites (tertiary alicyclic amines) is 1. The molecule has 4 rings (SSSR count). The first-order valence-corrected chi connectivity index (χ1v) is 11.9. The lowest BCUT2D eigenvalue weighted by Gasteiger charge is -2.34. The van der Waals surface area contributed by atoms with Gasteiger partial charge in [-0.1, -0.05) is 30.3 Å². The molecule has 0 aromatic heterocycles. The molecule has 2 aliphatic rings. The fourth-order valence-corrected chi connectivity index (χ4v) is 6.01. The first-order chi connectivity index (χ1) is 14.5. The third-order valence-corrected chi connectivity index (χ3v) is 8.13. The second-order valence-electron chi connectivity index (χ2n) is 7.95. The van der Waals surface area contributed by atoms with Crippen molar-refractivity contribution in [3.05, 3.63) is 60.2 Å². The van der Waals surface area contributed by atoms with Crippen LogP contribution in [0.2, 0.25) is 0 Å². The number of rotatable bonds is 5. The zero-order valence-electron chi connectivity index (χ0n) is 17.2. The molecule has 2 aliphatic heterocycles. The highest BCUT2D eigenvalue weighted by atomic mass is 32.2. The van der Waals surface area contributed by atoms with E-state index in [0.717, 1.165) is 30.7 Å². The molecule has 0 bridgehead atoms. The molecule has 2 aromatic carbocycles. The second-order valence-corrected chi connectivity index (χ2v) is 9.89. The number of ether oxygens (including phenoxy) is 1. The standard InChI is InChI=1S/C23H28N2O4S/c1-29-20-11-9-18(10-12-20)22-8-5-15-25(22)23(26)19-13-16-24(17-14-19)30(27,28)21-6-3-2-4-7-21/h2-4,6-7,9-12,19,22H,5,8,13-17H2,1H3. The molecule has 0 aliphatic carbocycles. The van der Waals surface area contributed by atoms with Crippen molar-refractivity contribution in [2.45, 2.75) is 36.6 Å². The average molecular weight is 429 g/mol. The van der Waals surface area contributed by atoms with Crippen LogP contribution in [0.4, 0.5) is 0 Å². The summed E-state index contributed by atoms with van der Waals surface area (Å²) in [6.07, 6.45) is 3.08. The van der Waals surface area contributed by atoms with Gasteiger partial charge in [0, 0.05) is 25.6 Å². The number of carbonyl (C=O) groups excluding carboxylic acids is 1. The summed E-state index contributed by atoms with van der Waals surface area (Å²) in [6.45, 7) is 1.53. The molecule has 1 atom stereocenters. The predicted octanol–water partition coefficient (Wildman–Crippen LogP) is 3.46. The molecule has 2 saturated heterocycles. The summed E-state index contributed by atoms with van der Waals surface area (Å²) in [5.41, 5.74) is 1.13. The molecule has 160 valence electrons.